The van der Waals surface area contributed by atoms with Crippen LogP contribution >= 0.6 is 11.8 Å². The van der Waals surface area contributed by atoms with Crippen molar-refractivity contribution in [1.82, 2.24) is 4.90 Å². The number of likely N-dealkylation sites (N-methyl/N-ethyl adjacent to an activating group) is 1. The van der Waals surface area contributed by atoms with Crippen LogP contribution in [0.2, 0.25) is 0 Å². The van der Waals surface area contributed by atoms with Crippen molar-refractivity contribution in [2.24, 2.45) is 11.1 Å². The van der Waals surface area contributed by atoms with Crippen molar-refractivity contribution in [2.45, 2.75) is 58.0 Å². The molecule has 2 N–H and O–H groups in total. The highest BCUT2D eigenvalue weighted by Crippen LogP contribution is 2.36. The summed E-state index contributed by atoms with van der Waals surface area (Å²) in [5.74, 6) is 1.08. The molecule has 1 saturated carbocycles. The van der Waals surface area contributed by atoms with E-state index in [9.17, 15) is 4.79 Å². The van der Waals surface area contributed by atoms with Gasteiger partial charge in [-0.2, -0.15) is 11.8 Å². The number of carbonyl (C=O) groups excluding carboxylic acids is 1. The van der Waals surface area contributed by atoms with E-state index in [2.05, 4.69) is 13.8 Å². The molecular weight excluding hydrogens is 244 g/mol. The molecule has 3 nitrogen and oxygen atoms in total. The van der Waals surface area contributed by atoms with E-state index in [4.69, 9.17) is 5.73 Å². The Labute approximate surface area is 116 Å². The number of hydrogen-bond donors (Lipinski definition) is 1. The normalized spacial score (nSPS) is 21.6. The number of amides is 1. The fourth-order valence-corrected chi connectivity index (χ4v) is 3.07. The summed E-state index contributed by atoms with van der Waals surface area (Å²) in [6.07, 6.45) is 7.46. The maximum absolute atomic E-state index is 12.2. The number of thioether (sulfide) groups is 1. The molecule has 1 amide bonds. The topological polar surface area (TPSA) is 46.3 Å². The minimum Gasteiger partial charge on any atom is -0.341 e. The van der Waals surface area contributed by atoms with Gasteiger partial charge in [0.25, 0.3) is 0 Å². The molecule has 4 heteroatoms. The Balaban J connectivity index is 2.44. The first-order chi connectivity index (χ1) is 8.37. The summed E-state index contributed by atoms with van der Waals surface area (Å²) >= 11 is 1.74. The zero-order chi connectivity index (χ0) is 13.8. The number of rotatable bonds is 5. The van der Waals surface area contributed by atoms with Crippen LogP contribution in [-0.4, -0.2) is 41.9 Å². The van der Waals surface area contributed by atoms with Gasteiger partial charge in [-0.15, -0.1) is 0 Å². The summed E-state index contributed by atoms with van der Waals surface area (Å²) in [5, 5.41) is 0. The number of nitrogens with zero attached hydrogens (tertiary/aromatic N) is 1. The van der Waals surface area contributed by atoms with Crippen molar-refractivity contribution in [1.29, 1.82) is 0 Å². The van der Waals surface area contributed by atoms with Crippen LogP contribution in [0.1, 0.15) is 46.0 Å². The monoisotopic (exact) mass is 272 g/mol. The molecule has 0 heterocycles. The molecule has 0 spiro atoms. The van der Waals surface area contributed by atoms with Gasteiger partial charge in [-0.1, -0.05) is 13.8 Å². The van der Waals surface area contributed by atoms with Crippen molar-refractivity contribution in [2.75, 3.05) is 19.1 Å². The van der Waals surface area contributed by atoms with E-state index in [1.807, 2.05) is 18.2 Å². The minimum atomic E-state index is -0.322. The van der Waals surface area contributed by atoms with E-state index in [1.54, 1.807) is 11.8 Å². The molecule has 0 aromatic heterocycles. The highest BCUT2D eigenvalue weighted by molar-refractivity contribution is 7.98. The van der Waals surface area contributed by atoms with Crippen molar-refractivity contribution in [3.63, 3.8) is 0 Å². The zero-order valence-electron chi connectivity index (χ0n) is 12.2. The van der Waals surface area contributed by atoms with Gasteiger partial charge >= 0.3 is 0 Å². The van der Waals surface area contributed by atoms with Crippen molar-refractivity contribution in [3.8, 4) is 0 Å². The zero-order valence-corrected chi connectivity index (χ0v) is 13.1. The van der Waals surface area contributed by atoms with Crippen molar-refractivity contribution >= 4 is 17.7 Å². The molecule has 1 aliphatic rings. The largest absolute Gasteiger partial charge is 0.341 e. The molecule has 1 rings (SSSR count). The average Bonchev–Trinajstić information content (AvgIpc) is 2.34. The van der Waals surface area contributed by atoms with Crippen LogP contribution in [0, 0.1) is 5.41 Å². The van der Waals surface area contributed by atoms with Gasteiger partial charge in [0, 0.05) is 13.1 Å². The molecule has 0 radical (unpaired) electrons. The van der Waals surface area contributed by atoms with E-state index in [0.717, 1.165) is 25.0 Å². The number of nitrogens with two attached hydrogens (primary N) is 1. The highest BCUT2D eigenvalue weighted by Gasteiger charge is 2.31. The summed E-state index contributed by atoms with van der Waals surface area (Å²) in [5.41, 5.74) is 6.41. The lowest BCUT2D eigenvalue weighted by Crippen LogP contribution is -2.48. The van der Waals surface area contributed by atoms with Gasteiger partial charge in [-0.05, 0) is 49.5 Å². The van der Waals surface area contributed by atoms with Gasteiger partial charge in [-0.25, -0.2) is 0 Å². The van der Waals surface area contributed by atoms with Crippen LogP contribution < -0.4 is 5.73 Å². The van der Waals surface area contributed by atoms with E-state index in [-0.39, 0.29) is 11.9 Å². The van der Waals surface area contributed by atoms with Gasteiger partial charge < -0.3 is 10.6 Å². The van der Waals surface area contributed by atoms with E-state index in [0.29, 0.717) is 11.5 Å². The lowest BCUT2D eigenvalue weighted by Gasteiger charge is -2.39. The molecule has 0 aromatic rings. The predicted molar refractivity (Wildman–Crippen MR) is 79.8 cm³/mol. The van der Waals surface area contributed by atoms with Crippen LogP contribution in [0.5, 0.6) is 0 Å². The third-order valence-electron chi connectivity index (χ3n) is 4.15. The second-order valence-electron chi connectivity index (χ2n) is 6.23. The Morgan fingerprint density at radius 3 is 2.50 bits per heavy atom. The maximum atomic E-state index is 12.2. The third kappa shape index (κ3) is 4.47. The fraction of sp³-hybridized carbons (Fsp3) is 0.929. The minimum absolute atomic E-state index is 0.119. The predicted octanol–water partition coefficient (Wildman–Crippen LogP) is 2.49. The van der Waals surface area contributed by atoms with Gasteiger partial charge in [-0.3, -0.25) is 4.79 Å². The first kappa shape index (κ1) is 15.8. The third-order valence-corrected chi connectivity index (χ3v) is 4.80. The Morgan fingerprint density at radius 1 is 1.44 bits per heavy atom. The Hall–Kier alpha value is -0.220. The highest BCUT2D eigenvalue weighted by atomic mass is 32.2. The smallest absolute Gasteiger partial charge is 0.239 e. The molecule has 0 aliphatic heterocycles. The van der Waals surface area contributed by atoms with E-state index >= 15 is 0 Å². The van der Waals surface area contributed by atoms with Gasteiger partial charge in [0.1, 0.15) is 0 Å². The molecule has 18 heavy (non-hydrogen) atoms. The molecule has 1 aliphatic carbocycles. The van der Waals surface area contributed by atoms with Gasteiger partial charge in [0.15, 0.2) is 0 Å². The van der Waals surface area contributed by atoms with E-state index in [1.165, 1.54) is 12.8 Å². The second-order valence-corrected chi connectivity index (χ2v) is 7.22. The lowest BCUT2D eigenvalue weighted by atomic mass is 9.75. The van der Waals surface area contributed by atoms with Crippen LogP contribution in [0.25, 0.3) is 0 Å². The molecule has 1 fully saturated rings. The molecule has 0 unspecified atom stereocenters. The molecule has 106 valence electrons. The number of carbonyl (C=O) groups is 1. The summed E-state index contributed by atoms with van der Waals surface area (Å²) in [4.78, 5) is 14.1. The Morgan fingerprint density at radius 2 is 2.00 bits per heavy atom. The second kappa shape index (κ2) is 6.80. The number of hydrogen-bond acceptors (Lipinski definition) is 3. The average molecular weight is 272 g/mol. The molecular formula is C14H28N2OS. The van der Waals surface area contributed by atoms with E-state index < -0.39 is 0 Å². The molecule has 0 bridgehead atoms. The maximum Gasteiger partial charge on any atom is 0.239 e. The quantitative estimate of drug-likeness (QED) is 0.836. The van der Waals surface area contributed by atoms with Crippen LogP contribution in [0.15, 0.2) is 0 Å². The fourth-order valence-electron chi connectivity index (χ4n) is 2.58. The first-order valence-electron chi connectivity index (χ1n) is 6.88. The molecule has 0 aromatic carbocycles. The Kier molecular flexibility index (Phi) is 5.99. The standard InChI is InChI=1S/C14H28N2OS/c1-14(2)8-5-11(6-9-14)16(3)13(17)12(15)7-10-18-4/h11-12H,5-10,15H2,1-4H3/t12-/m1/s1. The van der Waals surface area contributed by atoms with Crippen molar-refractivity contribution in [3.05, 3.63) is 0 Å². The Bertz CT molecular complexity index is 271. The SMILES string of the molecule is CSCC[C@@H](N)C(=O)N(C)C1CCC(C)(C)CC1. The summed E-state index contributed by atoms with van der Waals surface area (Å²) in [6.45, 7) is 4.63. The van der Waals surface area contributed by atoms with Crippen molar-refractivity contribution < 1.29 is 4.79 Å². The van der Waals surface area contributed by atoms with Crippen LogP contribution in [0.4, 0.5) is 0 Å². The van der Waals surface area contributed by atoms with Crippen LogP contribution in [0.3, 0.4) is 0 Å². The summed E-state index contributed by atoms with van der Waals surface area (Å²) < 4.78 is 0. The summed E-state index contributed by atoms with van der Waals surface area (Å²) in [6, 6.07) is 0.0724. The first-order valence-corrected chi connectivity index (χ1v) is 8.28. The molecule has 0 saturated heterocycles. The molecule has 1 atom stereocenters. The van der Waals surface area contributed by atoms with Crippen LogP contribution in [-0.2, 0) is 4.79 Å². The summed E-state index contributed by atoms with van der Waals surface area (Å²) in [7, 11) is 1.92. The van der Waals surface area contributed by atoms with Gasteiger partial charge in [0.05, 0.1) is 6.04 Å². The van der Waals surface area contributed by atoms with Gasteiger partial charge in [0.2, 0.25) is 5.91 Å². The lowest BCUT2D eigenvalue weighted by molar-refractivity contribution is -0.134.